The van der Waals surface area contributed by atoms with E-state index in [0.717, 1.165) is 39.0 Å². The van der Waals surface area contributed by atoms with Crippen LogP contribution in [0.4, 0.5) is 5.82 Å². The molecule has 6 rings (SSSR count). The van der Waals surface area contributed by atoms with E-state index in [-0.39, 0.29) is 36.7 Å². The molecule has 1 atom stereocenters. The Balaban J connectivity index is 0.00000267. The van der Waals surface area contributed by atoms with Crippen LogP contribution in [-0.4, -0.2) is 32.7 Å². The maximum atomic E-state index is 13.3. The Kier molecular flexibility index (Phi) is 6.70. The smallest absolute Gasteiger partial charge is 0.237 e. The predicted octanol–water partition coefficient (Wildman–Crippen LogP) is 5.73. The van der Waals surface area contributed by atoms with Crippen LogP contribution < -0.4 is 5.32 Å². The summed E-state index contributed by atoms with van der Waals surface area (Å²) in [6, 6.07) is 24.5. The highest BCUT2D eigenvalue weighted by molar-refractivity contribution is 6.01. The van der Waals surface area contributed by atoms with Gasteiger partial charge in [0.15, 0.2) is 0 Å². The SMILES string of the molecule is Cl.O=C1CCC(c2ccccc2)C(=O)N1Cc1cccc(-c2ccc3ncnc(NC4CC4)c3c2)c1. The molecule has 1 N–H and O–H groups in total. The Hall–Kier alpha value is -3.77. The van der Waals surface area contributed by atoms with Crippen LogP contribution in [0.2, 0.25) is 0 Å². The number of carbonyl (C=O) groups excluding carboxylic acids is 2. The van der Waals surface area contributed by atoms with E-state index < -0.39 is 0 Å². The molecule has 1 unspecified atom stereocenters. The van der Waals surface area contributed by atoms with Crippen LogP contribution in [0.5, 0.6) is 0 Å². The molecule has 0 spiro atoms. The van der Waals surface area contributed by atoms with Gasteiger partial charge in [0, 0.05) is 17.8 Å². The quantitative estimate of drug-likeness (QED) is 0.344. The third-order valence-electron chi connectivity index (χ3n) is 6.87. The first kappa shape index (κ1) is 23.9. The Morgan fingerprint density at radius 2 is 1.67 bits per heavy atom. The van der Waals surface area contributed by atoms with Gasteiger partial charge in [-0.1, -0.05) is 54.6 Å². The number of imide groups is 1. The van der Waals surface area contributed by atoms with Crippen LogP contribution in [0.25, 0.3) is 22.0 Å². The standard InChI is InChI=1S/C29H26N4O2.ClH/c34-27-14-12-24(20-6-2-1-3-7-20)29(35)33(27)17-19-5-4-8-21(15-19)22-9-13-26-25(16-22)28(31-18-30-26)32-23-10-11-23;/h1-9,13,15-16,18,23-24H,10-12,14,17H2,(H,30,31,32);1H. The lowest BCUT2D eigenvalue weighted by atomic mass is 9.89. The number of aromatic nitrogens is 2. The van der Waals surface area contributed by atoms with Crippen LogP contribution in [0, 0.1) is 0 Å². The highest BCUT2D eigenvalue weighted by Crippen LogP contribution is 2.32. The second-order valence-corrected chi connectivity index (χ2v) is 9.39. The van der Waals surface area contributed by atoms with Gasteiger partial charge in [0.2, 0.25) is 11.8 Å². The van der Waals surface area contributed by atoms with Gasteiger partial charge in [0.25, 0.3) is 0 Å². The molecule has 0 radical (unpaired) electrons. The van der Waals surface area contributed by atoms with Gasteiger partial charge in [0.05, 0.1) is 18.0 Å². The summed E-state index contributed by atoms with van der Waals surface area (Å²) >= 11 is 0. The molecule has 182 valence electrons. The van der Waals surface area contributed by atoms with Gasteiger partial charge in [-0.15, -0.1) is 12.4 Å². The van der Waals surface area contributed by atoms with Crippen LogP contribution in [0.15, 0.2) is 79.1 Å². The fourth-order valence-electron chi connectivity index (χ4n) is 4.80. The Labute approximate surface area is 216 Å². The monoisotopic (exact) mass is 498 g/mol. The van der Waals surface area contributed by atoms with Crippen LogP contribution in [0.3, 0.4) is 0 Å². The number of hydrogen-bond acceptors (Lipinski definition) is 5. The lowest BCUT2D eigenvalue weighted by Gasteiger charge is -2.31. The van der Waals surface area contributed by atoms with E-state index in [0.29, 0.717) is 18.9 Å². The summed E-state index contributed by atoms with van der Waals surface area (Å²) in [5, 5.41) is 4.49. The van der Waals surface area contributed by atoms with Gasteiger partial charge in [-0.3, -0.25) is 14.5 Å². The molecular formula is C29H27ClN4O2. The number of likely N-dealkylation sites (tertiary alicyclic amines) is 1. The van der Waals surface area contributed by atoms with E-state index in [1.165, 1.54) is 17.7 Å². The lowest BCUT2D eigenvalue weighted by Crippen LogP contribution is -2.43. The number of carbonyl (C=O) groups is 2. The molecule has 2 fully saturated rings. The number of amides is 2. The number of hydrogen-bond donors (Lipinski definition) is 1. The molecule has 36 heavy (non-hydrogen) atoms. The summed E-state index contributed by atoms with van der Waals surface area (Å²) < 4.78 is 0. The van der Waals surface area contributed by atoms with E-state index >= 15 is 0 Å². The zero-order valence-electron chi connectivity index (χ0n) is 19.8. The molecule has 1 aliphatic heterocycles. The van der Waals surface area contributed by atoms with Crippen molar-refractivity contribution in [3.63, 3.8) is 0 Å². The van der Waals surface area contributed by atoms with Gasteiger partial charge < -0.3 is 5.32 Å². The van der Waals surface area contributed by atoms with Crippen molar-refractivity contribution in [2.45, 2.75) is 44.2 Å². The molecule has 0 bridgehead atoms. The van der Waals surface area contributed by atoms with Crippen molar-refractivity contribution >= 4 is 40.9 Å². The minimum absolute atomic E-state index is 0. The molecule has 3 aromatic carbocycles. The molecule has 2 amide bonds. The van der Waals surface area contributed by atoms with Crippen molar-refractivity contribution in [1.82, 2.24) is 14.9 Å². The summed E-state index contributed by atoms with van der Waals surface area (Å²) in [5.41, 5.74) is 4.88. The summed E-state index contributed by atoms with van der Waals surface area (Å²) in [6.07, 6.45) is 4.89. The van der Waals surface area contributed by atoms with E-state index in [9.17, 15) is 9.59 Å². The first-order valence-electron chi connectivity index (χ1n) is 12.2. The number of piperidine rings is 1. The predicted molar refractivity (Wildman–Crippen MR) is 143 cm³/mol. The van der Waals surface area contributed by atoms with E-state index in [2.05, 4.69) is 39.6 Å². The molecule has 1 saturated carbocycles. The van der Waals surface area contributed by atoms with Crippen molar-refractivity contribution in [3.05, 3.63) is 90.3 Å². The average Bonchev–Trinajstić information content (AvgIpc) is 3.71. The van der Waals surface area contributed by atoms with Crippen molar-refractivity contribution in [2.75, 3.05) is 5.32 Å². The number of rotatable bonds is 6. The molecule has 1 aliphatic carbocycles. The van der Waals surface area contributed by atoms with E-state index in [4.69, 9.17) is 0 Å². The molecule has 4 aromatic rings. The number of fused-ring (bicyclic) bond motifs is 1. The Morgan fingerprint density at radius 1 is 0.861 bits per heavy atom. The normalized spacial score (nSPS) is 17.7. The number of anilines is 1. The van der Waals surface area contributed by atoms with Crippen molar-refractivity contribution < 1.29 is 9.59 Å². The molecule has 1 saturated heterocycles. The number of nitrogens with one attached hydrogen (secondary N) is 1. The highest BCUT2D eigenvalue weighted by Gasteiger charge is 2.35. The minimum atomic E-state index is -0.269. The minimum Gasteiger partial charge on any atom is -0.367 e. The largest absolute Gasteiger partial charge is 0.367 e. The summed E-state index contributed by atoms with van der Waals surface area (Å²) in [7, 11) is 0. The van der Waals surface area contributed by atoms with Crippen LogP contribution >= 0.6 is 12.4 Å². The van der Waals surface area contributed by atoms with Gasteiger partial charge in [-0.2, -0.15) is 0 Å². The molecule has 1 aromatic heterocycles. The summed E-state index contributed by atoms with van der Waals surface area (Å²) in [5.74, 6) is 0.379. The van der Waals surface area contributed by atoms with E-state index in [1.807, 2.05) is 48.5 Å². The zero-order chi connectivity index (χ0) is 23.8. The number of halogens is 1. The van der Waals surface area contributed by atoms with Gasteiger partial charge in [-0.05, 0) is 59.7 Å². The van der Waals surface area contributed by atoms with Crippen molar-refractivity contribution in [2.24, 2.45) is 0 Å². The van der Waals surface area contributed by atoms with Crippen molar-refractivity contribution in [3.8, 4) is 11.1 Å². The third-order valence-corrected chi connectivity index (χ3v) is 6.87. The molecule has 2 aliphatic rings. The number of benzene rings is 3. The Bertz CT molecular complexity index is 1420. The number of nitrogens with zero attached hydrogens (tertiary/aromatic N) is 3. The fraction of sp³-hybridized carbons (Fsp3) is 0.241. The second-order valence-electron chi connectivity index (χ2n) is 9.39. The fourth-order valence-corrected chi connectivity index (χ4v) is 4.80. The average molecular weight is 499 g/mol. The third kappa shape index (κ3) is 4.82. The topological polar surface area (TPSA) is 75.2 Å². The zero-order valence-corrected chi connectivity index (χ0v) is 20.6. The molecule has 2 heterocycles. The molecular weight excluding hydrogens is 472 g/mol. The highest BCUT2D eigenvalue weighted by atomic mass is 35.5. The lowest BCUT2D eigenvalue weighted by molar-refractivity contribution is -0.150. The van der Waals surface area contributed by atoms with E-state index in [1.54, 1.807) is 6.33 Å². The van der Waals surface area contributed by atoms with Gasteiger partial charge in [-0.25, -0.2) is 9.97 Å². The Morgan fingerprint density at radius 3 is 2.47 bits per heavy atom. The molecule has 7 heteroatoms. The molecule has 6 nitrogen and oxygen atoms in total. The maximum absolute atomic E-state index is 13.3. The first-order valence-corrected chi connectivity index (χ1v) is 12.2. The first-order chi connectivity index (χ1) is 17.2. The maximum Gasteiger partial charge on any atom is 0.237 e. The van der Waals surface area contributed by atoms with Crippen LogP contribution in [0.1, 0.15) is 42.7 Å². The van der Waals surface area contributed by atoms with Gasteiger partial charge >= 0.3 is 0 Å². The van der Waals surface area contributed by atoms with Crippen molar-refractivity contribution in [1.29, 1.82) is 0 Å². The van der Waals surface area contributed by atoms with Gasteiger partial charge in [0.1, 0.15) is 12.1 Å². The van der Waals surface area contributed by atoms with Crippen LogP contribution in [-0.2, 0) is 16.1 Å². The summed E-state index contributed by atoms with van der Waals surface area (Å²) in [4.78, 5) is 36.3. The second kappa shape index (κ2) is 10.1. The summed E-state index contributed by atoms with van der Waals surface area (Å²) in [6.45, 7) is 0.278.